The van der Waals surface area contributed by atoms with Gasteiger partial charge in [0.1, 0.15) is 0 Å². The fourth-order valence-electron chi connectivity index (χ4n) is 2.68. The zero-order valence-electron chi connectivity index (χ0n) is 10.8. The molecule has 0 aromatic rings. The maximum atomic E-state index is 11.7. The second kappa shape index (κ2) is 5.74. The highest BCUT2D eigenvalue weighted by molar-refractivity contribution is 6.68. The standard InChI is InChI=1S/C12H20Cl3NO2/c1-4-7-5-8(11(7,2)3)6-9(17)16-10(18)12(13,14)15/h7-8,10,18H,4-6H2,1-3H3,(H,16,17)/t7-,8-,10+/m1/s1. The summed E-state index contributed by atoms with van der Waals surface area (Å²) < 4.78 is -1.89. The monoisotopic (exact) mass is 315 g/mol. The molecule has 0 aromatic heterocycles. The molecule has 0 radical (unpaired) electrons. The van der Waals surface area contributed by atoms with E-state index in [9.17, 15) is 9.90 Å². The normalized spacial score (nSPS) is 28.4. The van der Waals surface area contributed by atoms with Crippen LogP contribution in [0, 0.1) is 17.3 Å². The van der Waals surface area contributed by atoms with Crippen molar-refractivity contribution in [2.45, 2.75) is 50.1 Å². The second-order valence-electron chi connectivity index (χ2n) is 5.57. The van der Waals surface area contributed by atoms with Gasteiger partial charge in [-0.2, -0.15) is 0 Å². The minimum Gasteiger partial charge on any atom is -0.369 e. The fraction of sp³-hybridized carbons (Fsp3) is 0.917. The van der Waals surface area contributed by atoms with Crippen LogP contribution in [0.1, 0.15) is 40.0 Å². The molecule has 1 aliphatic rings. The molecule has 1 fully saturated rings. The summed E-state index contributed by atoms with van der Waals surface area (Å²) >= 11 is 16.4. The van der Waals surface area contributed by atoms with Gasteiger partial charge in [0.05, 0.1) is 0 Å². The molecule has 1 saturated carbocycles. The molecule has 18 heavy (non-hydrogen) atoms. The van der Waals surface area contributed by atoms with Crippen molar-refractivity contribution in [2.24, 2.45) is 17.3 Å². The van der Waals surface area contributed by atoms with Gasteiger partial charge in [-0.3, -0.25) is 4.79 Å². The first kappa shape index (κ1) is 16.4. The zero-order valence-corrected chi connectivity index (χ0v) is 13.1. The maximum absolute atomic E-state index is 11.7. The van der Waals surface area contributed by atoms with Crippen molar-refractivity contribution >= 4 is 40.7 Å². The van der Waals surface area contributed by atoms with Crippen LogP contribution in [0.15, 0.2) is 0 Å². The number of hydrogen-bond acceptors (Lipinski definition) is 2. The number of amides is 1. The Kier molecular flexibility index (Phi) is 5.21. The van der Waals surface area contributed by atoms with Crippen LogP contribution < -0.4 is 5.32 Å². The average Bonchev–Trinajstić information content (AvgIpc) is 2.22. The van der Waals surface area contributed by atoms with Crippen LogP contribution in [-0.4, -0.2) is 21.0 Å². The molecule has 6 heteroatoms. The van der Waals surface area contributed by atoms with Crippen LogP contribution in [0.4, 0.5) is 0 Å². The summed E-state index contributed by atoms with van der Waals surface area (Å²) in [5, 5.41) is 11.8. The van der Waals surface area contributed by atoms with Crippen molar-refractivity contribution in [3.8, 4) is 0 Å². The van der Waals surface area contributed by atoms with Crippen LogP contribution in [0.25, 0.3) is 0 Å². The number of aliphatic hydroxyl groups is 1. The predicted molar refractivity (Wildman–Crippen MR) is 74.7 cm³/mol. The molecule has 1 rings (SSSR count). The average molecular weight is 317 g/mol. The van der Waals surface area contributed by atoms with E-state index in [4.69, 9.17) is 34.8 Å². The number of hydrogen-bond donors (Lipinski definition) is 2. The number of carbonyl (C=O) groups excluding carboxylic acids is 1. The van der Waals surface area contributed by atoms with Gasteiger partial charge in [0.15, 0.2) is 6.23 Å². The Morgan fingerprint density at radius 1 is 1.44 bits per heavy atom. The van der Waals surface area contributed by atoms with E-state index in [1.807, 2.05) is 0 Å². The van der Waals surface area contributed by atoms with Gasteiger partial charge in [0.2, 0.25) is 9.70 Å². The number of nitrogens with one attached hydrogen (secondary N) is 1. The van der Waals surface area contributed by atoms with Crippen molar-refractivity contribution in [2.75, 3.05) is 0 Å². The summed E-state index contributed by atoms with van der Waals surface area (Å²) in [5.41, 5.74) is 0.164. The molecule has 0 bridgehead atoms. The van der Waals surface area contributed by atoms with Crippen molar-refractivity contribution in [3.63, 3.8) is 0 Å². The minimum absolute atomic E-state index is 0.164. The molecule has 1 aliphatic carbocycles. The van der Waals surface area contributed by atoms with E-state index >= 15 is 0 Å². The van der Waals surface area contributed by atoms with Crippen molar-refractivity contribution < 1.29 is 9.90 Å². The van der Waals surface area contributed by atoms with Crippen LogP contribution in [0.2, 0.25) is 0 Å². The summed E-state index contributed by atoms with van der Waals surface area (Å²) in [7, 11) is 0. The van der Waals surface area contributed by atoms with Crippen LogP contribution >= 0.6 is 34.8 Å². The molecule has 0 spiro atoms. The van der Waals surface area contributed by atoms with Crippen LogP contribution in [0.5, 0.6) is 0 Å². The maximum Gasteiger partial charge on any atom is 0.234 e. The van der Waals surface area contributed by atoms with Gasteiger partial charge in [-0.05, 0) is 23.7 Å². The quantitative estimate of drug-likeness (QED) is 0.618. The predicted octanol–water partition coefficient (Wildman–Crippen LogP) is 3.25. The van der Waals surface area contributed by atoms with Crippen LogP contribution in [-0.2, 0) is 4.79 Å². The van der Waals surface area contributed by atoms with E-state index in [0.29, 0.717) is 18.3 Å². The Labute approximate surface area is 123 Å². The summed E-state index contributed by atoms with van der Waals surface area (Å²) in [5.74, 6) is 0.708. The minimum atomic E-state index is -1.89. The number of aliphatic hydroxyl groups excluding tert-OH is 1. The largest absolute Gasteiger partial charge is 0.369 e. The molecule has 106 valence electrons. The third-order valence-electron chi connectivity index (χ3n) is 4.21. The van der Waals surface area contributed by atoms with Gasteiger partial charge in [-0.25, -0.2) is 0 Å². The molecule has 2 N–H and O–H groups in total. The lowest BCUT2D eigenvalue weighted by Crippen LogP contribution is -2.49. The first-order valence-electron chi connectivity index (χ1n) is 6.13. The topological polar surface area (TPSA) is 49.3 Å². The lowest BCUT2D eigenvalue weighted by atomic mass is 9.53. The van der Waals surface area contributed by atoms with Crippen molar-refractivity contribution in [3.05, 3.63) is 0 Å². The Hall–Kier alpha value is 0.300. The fourth-order valence-corrected chi connectivity index (χ4v) is 2.84. The van der Waals surface area contributed by atoms with Gasteiger partial charge >= 0.3 is 0 Å². The Balaban J connectivity index is 2.44. The summed E-state index contributed by atoms with van der Waals surface area (Å²) in [6.45, 7) is 6.51. The molecule has 1 amide bonds. The number of halogens is 3. The lowest BCUT2D eigenvalue weighted by molar-refractivity contribution is -0.130. The molecule has 0 aromatic carbocycles. The smallest absolute Gasteiger partial charge is 0.234 e. The lowest BCUT2D eigenvalue weighted by Gasteiger charge is -2.52. The van der Waals surface area contributed by atoms with Crippen molar-refractivity contribution in [1.82, 2.24) is 5.32 Å². The van der Waals surface area contributed by atoms with E-state index in [1.165, 1.54) is 0 Å². The van der Waals surface area contributed by atoms with Gasteiger partial charge in [-0.15, -0.1) is 0 Å². The molecule has 0 aliphatic heterocycles. The van der Waals surface area contributed by atoms with E-state index in [1.54, 1.807) is 0 Å². The summed E-state index contributed by atoms with van der Waals surface area (Å²) in [6.07, 6.45) is 1.06. The molecular weight excluding hydrogens is 296 g/mol. The second-order valence-corrected chi connectivity index (χ2v) is 7.94. The highest BCUT2D eigenvalue weighted by atomic mass is 35.6. The third-order valence-corrected chi connectivity index (χ3v) is 4.83. The Morgan fingerprint density at radius 3 is 2.39 bits per heavy atom. The Morgan fingerprint density at radius 2 is 2.00 bits per heavy atom. The molecule has 3 atom stereocenters. The number of rotatable bonds is 4. The van der Waals surface area contributed by atoms with Gasteiger partial charge in [-0.1, -0.05) is 62.0 Å². The van der Waals surface area contributed by atoms with Crippen molar-refractivity contribution in [1.29, 1.82) is 0 Å². The number of carbonyl (C=O) groups is 1. The number of alkyl halides is 3. The SMILES string of the molecule is CC[C@@H]1C[C@H](CC(=O)N[C@@H](O)C(Cl)(Cl)Cl)C1(C)C. The Bertz CT molecular complexity index is 315. The van der Waals surface area contributed by atoms with E-state index < -0.39 is 10.0 Å². The van der Waals surface area contributed by atoms with Gasteiger partial charge < -0.3 is 10.4 Å². The highest BCUT2D eigenvalue weighted by Gasteiger charge is 2.47. The molecular formula is C12H20Cl3NO2. The third kappa shape index (κ3) is 3.66. The zero-order chi connectivity index (χ0) is 14.1. The molecule has 3 nitrogen and oxygen atoms in total. The molecule has 0 heterocycles. The van der Waals surface area contributed by atoms with Crippen LogP contribution in [0.3, 0.4) is 0 Å². The van der Waals surface area contributed by atoms with E-state index in [-0.39, 0.29) is 11.3 Å². The summed E-state index contributed by atoms with van der Waals surface area (Å²) in [6, 6.07) is 0. The summed E-state index contributed by atoms with van der Waals surface area (Å²) in [4.78, 5) is 11.7. The molecule has 0 saturated heterocycles. The van der Waals surface area contributed by atoms with Gasteiger partial charge in [0, 0.05) is 6.42 Å². The first-order valence-corrected chi connectivity index (χ1v) is 7.26. The first-order chi connectivity index (χ1) is 8.09. The van der Waals surface area contributed by atoms with E-state index in [0.717, 1.165) is 12.8 Å². The van der Waals surface area contributed by atoms with Gasteiger partial charge in [0.25, 0.3) is 0 Å². The van der Waals surface area contributed by atoms with E-state index in [2.05, 4.69) is 26.1 Å². The highest BCUT2D eigenvalue weighted by Crippen LogP contribution is 2.54. The molecule has 0 unspecified atom stereocenters.